The number of halogens is 1. The van der Waals surface area contributed by atoms with Crippen LogP contribution >= 0.6 is 11.6 Å². The van der Waals surface area contributed by atoms with Gasteiger partial charge < -0.3 is 4.57 Å². The molecule has 0 bridgehead atoms. The fraction of sp³-hybridized carbons (Fsp3) is 0.143. The van der Waals surface area contributed by atoms with Crippen LogP contribution in [0, 0.1) is 6.92 Å². The van der Waals surface area contributed by atoms with Gasteiger partial charge in [0.2, 0.25) is 10.0 Å². The number of nitrogens with one attached hydrogen (secondary N) is 1. The average molecular weight is 427 g/mol. The third kappa shape index (κ3) is 4.17. The number of fused-ring (bicyclic) bond motifs is 1. The van der Waals surface area contributed by atoms with Crippen LogP contribution in [0.4, 0.5) is 0 Å². The summed E-state index contributed by atoms with van der Waals surface area (Å²) in [5.74, 6) is 0.579. The molecule has 0 saturated carbocycles. The van der Waals surface area contributed by atoms with Crippen molar-refractivity contribution in [3.63, 3.8) is 0 Å². The molecular weight excluding hydrogens is 408 g/mol. The van der Waals surface area contributed by atoms with Crippen LogP contribution in [0.15, 0.2) is 71.8 Å². The predicted octanol–water partition coefficient (Wildman–Crippen LogP) is 3.92. The van der Waals surface area contributed by atoms with Crippen molar-refractivity contribution in [1.82, 2.24) is 19.3 Å². The molecule has 0 aliphatic heterocycles. The lowest BCUT2D eigenvalue weighted by Crippen LogP contribution is -2.25. The first-order valence-electron chi connectivity index (χ1n) is 9.04. The number of sulfonamides is 1. The van der Waals surface area contributed by atoms with Gasteiger partial charge >= 0.3 is 0 Å². The standard InChI is InChI=1S/C21H19ClN4O2S/c1-15-8-10-16(11-9-15)14-26-20(25-18-6-4-12-23-21(18)26)13-24-29(27,28)19-7-3-2-5-17(19)22/h2-12,24H,13-14H2,1H3. The number of hydrogen-bond acceptors (Lipinski definition) is 4. The molecule has 6 nitrogen and oxygen atoms in total. The minimum Gasteiger partial charge on any atom is -0.307 e. The average Bonchev–Trinajstić information content (AvgIpc) is 3.06. The molecule has 0 fully saturated rings. The van der Waals surface area contributed by atoms with Crippen LogP contribution in [0.3, 0.4) is 0 Å². The fourth-order valence-electron chi connectivity index (χ4n) is 3.08. The van der Waals surface area contributed by atoms with E-state index in [-0.39, 0.29) is 16.5 Å². The van der Waals surface area contributed by atoms with Crippen LogP contribution in [0.1, 0.15) is 17.0 Å². The number of pyridine rings is 1. The molecule has 1 N–H and O–H groups in total. The molecule has 0 radical (unpaired) electrons. The second-order valence-electron chi connectivity index (χ2n) is 6.70. The Morgan fingerprint density at radius 3 is 2.55 bits per heavy atom. The van der Waals surface area contributed by atoms with E-state index in [9.17, 15) is 8.42 Å². The second kappa shape index (κ2) is 7.94. The SMILES string of the molecule is Cc1ccc(Cn2c(CNS(=O)(=O)c3ccccc3Cl)nc3cccnc32)cc1. The van der Waals surface area contributed by atoms with E-state index in [1.165, 1.54) is 11.6 Å². The first-order chi connectivity index (χ1) is 13.9. The number of hydrogen-bond donors (Lipinski definition) is 1. The smallest absolute Gasteiger partial charge is 0.242 e. The molecule has 0 aliphatic carbocycles. The van der Waals surface area contributed by atoms with E-state index in [4.69, 9.17) is 11.6 Å². The van der Waals surface area contributed by atoms with Crippen LogP contribution < -0.4 is 4.72 Å². The van der Waals surface area contributed by atoms with Crippen LogP contribution in [0.5, 0.6) is 0 Å². The predicted molar refractivity (Wildman–Crippen MR) is 113 cm³/mol. The van der Waals surface area contributed by atoms with Gasteiger partial charge in [0.25, 0.3) is 0 Å². The minimum absolute atomic E-state index is 0.0236. The highest BCUT2D eigenvalue weighted by Crippen LogP contribution is 2.21. The monoisotopic (exact) mass is 426 g/mol. The van der Waals surface area contributed by atoms with E-state index >= 15 is 0 Å². The lowest BCUT2D eigenvalue weighted by molar-refractivity contribution is 0.576. The Morgan fingerprint density at radius 2 is 1.79 bits per heavy atom. The van der Waals surface area contributed by atoms with Crippen molar-refractivity contribution in [1.29, 1.82) is 0 Å². The zero-order valence-electron chi connectivity index (χ0n) is 15.7. The third-order valence-corrected chi connectivity index (χ3v) is 6.49. The minimum atomic E-state index is -3.78. The normalized spacial score (nSPS) is 11.8. The Balaban J connectivity index is 1.66. The van der Waals surface area contributed by atoms with Crippen LogP contribution in [-0.4, -0.2) is 23.0 Å². The largest absolute Gasteiger partial charge is 0.307 e. The summed E-state index contributed by atoms with van der Waals surface area (Å²) in [6.45, 7) is 2.60. The van der Waals surface area contributed by atoms with Gasteiger partial charge in [-0.05, 0) is 36.8 Å². The van der Waals surface area contributed by atoms with Gasteiger partial charge in [0.05, 0.1) is 18.1 Å². The van der Waals surface area contributed by atoms with Crippen molar-refractivity contribution in [2.24, 2.45) is 0 Å². The van der Waals surface area contributed by atoms with Gasteiger partial charge in [-0.2, -0.15) is 0 Å². The highest BCUT2D eigenvalue weighted by Gasteiger charge is 2.19. The number of imidazole rings is 1. The van der Waals surface area contributed by atoms with Gasteiger partial charge in [0, 0.05) is 6.20 Å². The molecule has 2 heterocycles. The molecule has 29 heavy (non-hydrogen) atoms. The highest BCUT2D eigenvalue weighted by molar-refractivity contribution is 7.89. The topological polar surface area (TPSA) is 76.9 Å². The molecule has 148 valence electrons. The van der Waals surface area contributed by atoms with Crippen molar-refractivity contribution in [2.45, 2.75) is 24.9 Å². The summed E-state index contributed by atoms with van der Waals surface area (Å²) < 4.78 is 29.9. The quantitative estimate of drug-likeness (QED) is 0.507. The van der Waals surface area contributed by atoms with Gasteiger partial charge in [0.15, 0.2) is 5.65 Å². The zero-order chi connectivity index (χ0) is 20.4. The van der Waals surface area contributed by atoms with Gasteiger partial charge in [-0.25, -0.2) is 23.1 Å². The maximum atomic E-state index is 12.7. The molecule has 0 aliphatic rings. The number of aromatic nitrogens is 3. The lowest BCUT2D eigenvalue weighted by Gasteiger charge is -2.11. The van der Waals surface area contributed by atoms with Crippen molar-refractivity contribution >= 4 is 32.8 Å². The Hall–Kier alpha value is -2.74. The second-order valence-corrected chi connectivity index (χ2v) is 8.84. The highest BCUT2D eigenvalue weighted by atomic mass is 35.5. The Bertz CT molecular complexity index is 1270. The summed E-state index contributed by atoms with van der Waals surface area (Å²) in [6.07, 6.45) is 1.70. The van der Waals surface area contributed by atoms with Gasteiger partial charge in [-0.3, -0.25) is 0 Å². The third-order valence-electron chi connectivity index (χ3n) is 4.59. The number of aryl methyl sites for hydroxylation is 1. The van der Waals surface area contributed by atoms with E-state index in [2.05, 4.69) is 14.7 Å². The molecule has 0 amide bonds. The zero-order valence-corrected chi connectivity index (χ0v) is 17.3. The summed E-state index contributed by atoms with van der Waals surface area (Å²) >= 11 is 6.06. The van der Waals surface area contributed by atoms with Gasteiger partial charge in [0.1, 0.15) is 16.2 Å². The van der Waals surface area contributed by atoms with Crippen LogP contribution in [-0.2, 0) is 23.1 Å². The van der Waals surface area contributed by atoms with E-state index in [0.717, 1.165) is 5.56 Å². The van der Waals surface area contributed by atoms with Gasteiger partial charge in [-0.1, -0.05) is 53.6 Å². The van der Waals surface area contributed by atoms with Crippen molar-refractivity contribution in [3.05, 3.63) is 88.8 Å². The van der Waals surface area contributed by atoms with E-state index in [1.807, 2.05) is 47.9 Å². The van der Waals surface area contributed by atoms with Crippen molar-refractivity contribution < 1.29 is 8.42 Å². The summed E-state index contributed by atoms with van der Waals surface area (Å²) in [5.41, 5.74) is 3.68. The summed E-state index contributed by atoms with van der Waals surface area (Å²) in [7, 11) is -3.78. The summed E-state index contributed by atoms with van der Waals surface area (Å²) in [6, 6.07) is 18.2. The molecule has 0 unspecified atom stereocenters. The molecule has 0 atom stereocenters. The molecule has 0 saturated heterocycles. The lowest BCUT2D eigenvalue weighted by atomic mass is 10.1. The Labute approximate surface area is 174 Å². The van der Waals surface area contributed by atoms with Crippen molar-refractivity contribution in [3.8, 4) is 0 Å². The summed E-state index contributed by atoms with van der Waals surface area (Å²) in [4.78, 5) is 9.06. The number of nitrogens with zero attached hydrogens (tertiary/aromatic N) is 3. The first-order valence-corrected chi connectivity index (χ1v) is 10.9. The van der Waals surface area contributed by atoms with E-state index in [1.54, 1.807) is 24.4 Å². The van der Waals surface area contributed by atoms with E-state index in [0.29, 0.717) is 23.5 Å². The molecule has 8 heteroatoms. The molecule has 4 rings (SSSR count). The molecular formula is C21H19ClN4O2S. The summed E-state index contributed by atoms with van der Waals surface area (Å²) in [5, 5.41) is 0.176. The number of benzene rings is 2. The van der Waals surface area contributed by atoms with Crippen molar-refractivity contribution in [2.75, 3.05) is 0 Å². The van der Waals surface area contributed by atoms with Crippen LogP contribution in [0.25, 0.3) is 11.2 Å². The Kier molecular flexibility index (Phi) is 5.36. The molecule has 4 aromatic rings. The Morgan fingerprint density at radius 1 is 1.03 bits per heavy atom. The molecule has 0 spiro atoms. The first kappa shape index (κ1) is 19.6. The number of rotatable bonds is 6. The van der Waals surface area contributed by atoms with Crippen LogP contribution in [0.2, 0.25) is 5.02 Å². The maximum Gasteiger partial charge on any atom is 0.242 e. The fourth-order valence-corrected chi connectivity index (χ4v) is 4.58. The maximum absolute atomic E-state index is 12.7. The van der Waals surface area contributed by atoms with Gasteiger partial charge in [-0.15, -0.1) is 0 Å². The van der Waals surface area contributed by atoms with E-state index < -0.39 is 10.0 Å². The molecule has 2 aromatic heterocycles. The molecule has 2 aromatic carbocycles.